The second-order valence-electron chi connectivity index (χ2n) is 10.9. The molecule has 3 aliphatic rings. The second-order valence-corrected chi connectivity index (χ2v) is 10.9. The molecule has 0 saturated carbocycles. The van der Waals surface area contributed by atoms with Crippen LogP contribution >= 0.6 is 0 Å². The van der Waals surface area contributed by atoms with Crippen LogP contribution in [0.3, 0.4) is 0 Å². The average molecular weight is 667 g/mol. The van der Waals surface area contributed by atoms with Crippen molar-refractivity contribution in [3.63, 3.8) is 0 Å². The summed E-state index contributed by atoms with van der Waals surface area (Å²) in [6.45, 7) is -2.97. The molecule has 0 bridgehead atoms. The van der Waals surface area contributed by atoms with Crippen LogP contribution in [0.25, 0.3) is 0 Å². The van der Waals surface area contributed by atoms with Gasteiger partial charge in [-0.1, -0.05) is 0 Å². The van der Waals surface area contributed by atoms with Gasteiger partial charge in [0.1, 0.15) is 97.7 Å². The average Bonchev–Trinajstić information content (AvgIpc) is 3.03. The lowest BCUT2D eigenvalue weighted by atomic mass is 9.98. The minimum atomic E-state index is -2.09. The van der Waals surface area contributed by atoms with Crippen molar-refractivity contribution < 1.29 is 105 Å². The molecule has 0 aromatic rings. The van der Waals surface area contributed by atoms with Gasteiger partial charge in [0.2, 0.25) is 0 Å². The summed E-state index contributed by atoms with van der Waals surface area (Å²) in [4.78, 5) is 10.6. The maximum atomic E-state index is 10.6. The van der Waals surface area contributed by atoms with E-state index in [1.54, 1.807) is 0 Å². The van der Waals surface area contributed by atoms with Crippen LogP contribution in [-0.2, 0) is 33.2 Å². The molecule has 3 fully saturated rings. The summed E-state index contributed by atoms with van der Waals surface area (Å²) in [6.07, 6.45) is -34.1. The van der Waals surface area contributed by atoms with E-state index in [2.05, 4.69) is 0 Å². The van der Waals surface area contributed by atoms with E-state index in [1.807, 2.05) is 0 Å². The van der Waals surface area contributed by atoms with E-state index in [9.17, 15) is 76.3 Å². The number of rotatable bonds is 14. The van der Waals surface area contributed by atoms with Gasteiger partial charge in [-0.3, -0.25) is 0 Å². The van der Waals surface area contributed by atoms with Crippen LogP contribution in [0.2, 0.25) is 0 Å². The molecule has 264 valence electrons. The normalized spacial score (nSPS) is 45.4. The van der Waals surface area contributed by atoms with Gasteiger partial charge in [-0.25, -0.2) is 0 Å². The molecule has 0 aliphatic carbocycles. The predicted molar refractivity (Wildman–Crippen MR) is 135 cm³/mol. The number of hydrogen-bond donors (Lipinski definition) is 14. The monoisotopic (exact) mass is 666 g/mol. The summed E-state index contributed by atoms with van der Waals surface area (Å²) in [5.41, 5.74) is 0. The third kappa shape index (κ3) is 8.87. The zero-order valence-corrected chi connectivity index (χ0v) is 23.5. The Morgan fingerprint density at radius 1 is 0.533 bits per heavy atom. The van der Waals surface area contributed by atoms with Crippen LogP contribution < -0.4 is 0 Å². The molecule has 0 spiro atoms. The summed E-state index contributed by atoms with van der Waals surface area (Å²) >= 11 is 0. The Balaban J connectivity index is 1.58. The van der Waals surface area contributed by atoms with Crippen molar-refractivity contribution in [2.24, 2.45) is 0 Å². The summed E-state index contributed by atoms with van der Waals surface area (Å²) < 4.78 is 31.9. The van der Waals surface area contributed by atoms with Crippen LogP contribution in [0.15, 0.2) is 0 Å². The molecule has 15 unspecified atom stereocenters. The topological polar surface area (TPSA) is 356 Å². The van der Waals surface area contributed by atoms with Crippen LogP contribution in [0.4, 0.5) is 0 Å². The lowest BCUT2D eigenvalue weighted by molar-refractivity contribution is -0.343. The molecular formula is C24H42O21. The van der Waals surface area contributed by atoms with Crippen LogP contribution in [0.1, 0.15) is 0 Å². The van der Waals surface area contributed by atoms with Crippen LogP contribution in [0, 0.1) is 0 Å². The van der Waals surface area contributed by atoms with Crippen molar-refractivity contribution >= 4 is 6.29 Å². The molecular weight excluding hydrogens is 624 g/mol. The van der Waals surface area contributed by atoms with Gasteiger partial charge in [-0.2, -0.15) is 0 Å². The minimum absolute atomic E-state index is 0.0835. The Hall–Kier alpha value is -1.13. The first-order chi connectivity index (χ1) is 21.1. The molecule has 3 rings (SSSR count). The molecule has 21 heteroatoms. The lowest BCUT2D eigenvalue weighted by Gasteiger charge is -2.44. The molecule has 3 aliphatic heterocycles. The fourth-order valence-electron chi connectivity index (χ4n) is 4.77. The lowest BCUT2D eigenvalue weighted by Crippen LogP contribution is -2.62. The van der Waals surface area contributed by atoms with Crippen LogP contribution in [-0.4, -0.2) is 221 Å². The molecule has 0 amide bonds. The summed E-state index contributed by atoms with van der Waals surface area (Å²) in [5, 5.41) is 140. The van der Waals surface area contributed by atoms with E-state index in [0.29, 0.717) is 0 Å². The molecule has 3 heterocycles. The smallest absolute Gasteiger partial charge is 0.186 e. The van der Waals surface area contributed by atoms with Crippen molar-refractivity contribution in [3.8, 4) is 0 Å². The van der Waals surface area contributed by atoms with E-state index in [-0.39, 0.29) is 6.29 Å². The summed E-state index contributed by atoms with van der Waals surface area (Å²) in [5.74, 6) is 0. The Bertz CT molecular complexity index is 899. The van der Waals surface area contributed by atoms with Gasteiger partial charge in [-0.15, -0.1) is 0 Å². The van der Waals surface area contributed by atoms with Gasteiger partial charge in [-0.05, 0) is 0 Å². The number of carbonyl (C=O) groups excluding carboxylic acids is 1. The molecule has 0 aromatic heterocycles. The Kier molecular flexibility index (Phi) is 14.3. The van der Waals surface area contributed by atoms with E-state index < -0.39 is 143 Å². The van der Waals surface area contributed by atoms with Crippen molar-refractivity contribution in [3.05, 3.63) is 0 Å². The first-order valence-corrected chi connectivity index (χ1v) is 13.9. The van der Waals surface area contributed by atoms with Gasteiger partial charge >= 0.3 is 0 Å². The molecule has 0 aromatic carbocycles. The number of ether oxygens (including phenoxy) is 6. The number of aldehydes is 1. The predicted octanol–water partition coefficient (Wildman–Crippen LogP) is -9.91. The number of aliphatic hydroxyl groups excluding tert-OH is 14. The Morgan fingerprint density at radius 3 is 1.31 bits per heavy atom. The van der Waals surface area contributed by atoms with Crippen molar-refractivity contribution in [2.75, 3.05) is 26.4 Å². The number of hydrogen-bond acceptors (Lipinski definition) is 21. The van der Waals surface area contributed by atoms with Gasteiger partial charge < -0.3 is 105 Å². The highest BCUT2D eigenvalue weighted by molar-refractivity contribution is 5.56. The largest absolute Gasteiger partial charge is 0.394 e. The van der Waals surface area contributed by atoms with Crippen molar-refractivity contribution in [1.29, 1.82) is 0 Å². The van der Waals surface area contributed by atoms with Crippen molar-refractivity contribution in [2.45, 2.75) is 117 Å². The minimum Gasteiger partial charge on any atom is -0.394 e. The molecule has 21 nitrogen and oxygen atoms in total. The van der Waals surface area contributed by atoms with Gasteiger partial charge in [0.25, 0.3) is 0 Å². The maximum absolute atomic E-state index is 10.6. The molecule has 45 heavy (non-hydrogen) atoms. The molecule has 3 saturated heterocycles. The van der Waals surface area contributed by atoms with Crippen molar-refractivity contribution in [1.82, 2.24) is 0 Å². The third-order valence-corrected chi connectivity index (χ3v) is 7.70. The second kappa shape index (κ2) is 16.8. The first kappa shape index (κ1) is 38.3. The highest BCUT2D eigenvalue weighted by Gasteiger charge is 2.49. The summed E-state index contributed by atoms with van der Waals surface area (Å²) in [7, 11) is 0. The highest BCUT2D eigenvalue weighted by Crippen LogP contribution is 2.28. The molecule has 0 radical (unpaired) electrons. The fraction of sp³-hybridized carbons (Fsp3) is 0.958. The van der Waals surface area contributed by atoms with Gasteiger partial charge in [0, 0.05) is 0 Å². The van der Waals surface area contributed by atoms with E-state index in [1.165, 1.54) is 0 Å². The Morgan fingerprint density at radius 2 is 0.911 bits per heavy atom. The van der Waals surface area contributed by atoms with Gasteiger partial charge in [0.05, 0.1) is 26.4 Å². The Labute approximate surface area is 254 Å². The SMILES string of the molecule is O=C[C@H](O)[C@@H](O)[C@H](O)[C@H](O)COC1OC(COC2OC(COC3OC(CO)C(O)C(O)C3O)C(O)C(O)C2O)C(O)C(O)C1O. The first-order valence-electron chi connectivity index (χ1n) is 13.9. The highest BCUT2D eigenvalue weighted by atomic mass is 16.7. The number of carbonyl (C=O) groups is 1. The third-order valence-electron chi connectivity index (χ3n) is 7.70. The van der Waals surface area contributed by atoms with E-state index in [0.717, 1.165) is 0 Å². The maximum Gasteiger partial charge on any atom is 0.186 e. The zero-order chi connectivity index (χ0) is 33.7. The quantitative estimate of drug-likeness (QED) is 0.0765. The standard InChI is InChI=1S/C24H42O21/c25-1-6(27)11(29)12(30)7(28)3-40-22-20(38)17(35)14(32)9(44-22)5-42-24-21(39)18(36)15(33)10(45-24)4-41-23-19(37)16(34)13(31)8(2-26)43-23/h1,6-24,26-39H,2-5H2/t6-,7+,8?,9?,10?,11+,12+,13?,14?,15?,16?,17?,18?,19?,20?,21?,22?,23?,24?/m0/s1. The number of aliphatic hydroxyl groups is 14. The zero-order valence-electron chi connectivity index (χ0n) is 23.5. The van der Waals surface area contributed by atoms with Crippen LogP contribution in [0.5, 0.6) is 0 Å². The summed E-state index contributed by atoms with van der Waals surface area (Å²) in [6, 6.07) is 0. The van der Waals surface area contributed by atoms with E-state index >= 15 is 0 Å². The van der Waals surface area contributed by atoms with E-state index in [4.69, 9.17) is 28.4 Å². The molecule has 19 atom stereocenters. The molecule has 14 N–H and O–H groups in total. The fourth-order valence-corrected chi connectivity index (χ4v) is 4.77. The van der Waals surface area contributed by atoms with Gasteiger partial charge in [0.15, 0.2) is 25.2 Å².